The molecule has 3 aromatic rings. The minimum absolute atomic E-state index is 0.0646. The molecular formula is C14H16N6S. The van der Waals surface area contributed by atoms with Crippen molar-refractivity contribution in [1.29, 1.82) is 0 Å². The van der Waals surface area contributed by atoms with E-state index in [4.69, 9.17) is 0 Å². The van der Waals surface area contributed by atoms with Crippen molar-refractivity contribution >= 4 is 11.3 Å². The molecular weight excluding hydrogens is 284 g/mol. The second kappa shape index (κ2) is 4.78. The van der Waals surface area contributed by atoms with Gasteiger partial charge in [0.2, 0.25) is 0 Å². The molecule has 0 fully saturated rings. The quantitative estimate of drug-likeness (QED) is 0.783. The first-order valence-electron chi connectivity index (χ1n) is 6.94. The van der Waals surface area contributed by atoms with Gasteiger partial charge < -0.3 is 9.88 Å². The summed E-state index contributed by atoms with van der Waals surface area (Å²) in [5.41, 5.74) is 1.12. The highest BCUT2D eigenvalue weighted by Gasteiger charge is 2.27. The summed E-state index contributed by atoms with van der Waals surface area (Å²) < 4.78 is 4.04. The number of hydrogen-bond acceptors (Lipinski definition) is 5. The van der Waals surface area contributed by atoms with Gasteiger partial charge in [-0.15, -0.1) is 21.5 Å². The molecule has 0 bridgehead atoms. The maximum Gasteiger partial charge on any atom is 0.174 e. The molecule has 1 aliphatic heterocycles. The number of aryl methyl sites for hydroxylation is 2. The molecule has 1 unspecified atom stereocenters. The number of nitrogens with zero attached hydrogens (tertiary/aromatic N) is 5. The molecule has 0 spiro atoms. The summed E-state index contributed by atoms with van der Waals surface area (Å²) in [7, 11) is 1.93. The van der Waals surface area contributed by atoms with Gasteiger partial charge in [-0.2, -0.15) is 5.10 Å². The van der Waals surface area contributed by atoms with Crippen LogP contribution < -0.4 is 5.32 Å². The van der Waals surface area contributed by atoms with Crippen LogP contribution in [0.15, 0.2) is 24.5 Å². The Hall–Kier alpha value is -1.99. The number of aromatic nitrogens is 5. The Morgan fingerprint density at radius 2 is 2.24 bits per heavy atom. The number of thiophene rings is 1. The van der Waals surface area contributed by atoms with E-state index < -0.39 is 0 Å². The van der Waals surface area contributed by atoms with Gasteiger partial charge in [-0.25, -0.2) is 0 Å². The molecule has 7 heteroatoms. The van der Waals surface area contributed by atoms with Crippen molar-refractivity contribution in [2.24, 2.45) is 7.05 Å². The number of fused-ring (bicyclic) bond motifs is 1. The fourth-order valence-electron chi connectivity index (χ4n) is 2.75. The van der Waals surface area contributed by atoms with Gasteiger partial charge in [0.15, 0.2) is 11.6 Å². The summed E-state index contributed by atoms with van der Waals surface area (Å²) in [5.74, 6) is 1.94. The third-order valence-electron chi connectivity index (χ3n) is 3.74. The first-order valence-corrected chi connectivity index (χ1v) is 7.76. The van der Waals surface area contributed by atoms with Gasteiger partial charge in [0.1, 0.15) is 0 Å². The Kier molecular flexibility index (Phi) is 2.90. The number of rotatable bonds is 2. The zero-order valence-corrected chi connectivity index (χ0v) is 12.8. The third-order valence-corrected chi connectivity index (χ3v) is 4.74. The van der Waals surface area contributed by atoms with E-state index in [0.29, 0.717) is 0 Å². The Bertz CT molecular complexity index is 783. The van der Waals surface area contributed by atoms with Gasteiger partial charge in [-0.3, -0.25) is 4.68 Å². The van der Waals surface area contributed by atoms with Crippen LogP contribution in [0.5, 0.6) is 0 Å². The molecule has 0 radical (unpaired) electrons. The first kappa shape index (κ1) is 12.7. The normalized spacial score (nSPS) is 17.9. The monoisotopic (exact) mass is 300 g/mol. The van der Waals surface area contributed by atoms with Crippen molar-refractivity contribution in [3.05, 3.63) is 40.8 Å². The lowest BCUT2D eigenvalue weighted by molar-refractivity contribution is 0.458. The van der Waals surface area contributed by atoms with Gasteiger partial charge in [0.05, 0.1) is 17.1 Å². The van der Waals surface area contributed by atoms with Crippen molar-refractivity contribution in [2.75, 3.05) is 6.54 Å². The summed E-state index contributed by atoms with van der Waals surface area (Å²) in [5, 5.41) is 16.6. The molecule has 4 rings (SSSR count). The van der Waals surface area contributed by atoms with Crippen LogP contribution in [-0.4, -0.2) is 31.1 Å². The lowest BCUT2D eigenvalue weighted by atomic mass is 10.1. The van der Waals surface area contributed by atoms with Crippen molar-refractivity contribution in [3.63, 3.8) is 0 Å². The van der Waals surface area contributed by atoms with Gasteiger partial charge in [-0.1, -0.05) is 0 Å². The lowest BCUT2D eigenvalue weighted by Crippen LogP contribution is -2.34. The van der Waals surface area contributed by atoms with Gasteiger partial charge in [-0.05, 0) is 19.1 Å². The van der Waals surface area contributed by atoms with Crippen LogP contribution in [0.2, 0.25) is 0 Å². The smallest absolute Gasteiger partial charge is 0.174 e. The molecule has 0 aliphatic carbocycles. The van der Waals surface area contributed by atoms with Gasteiger partial charge in [0, 0.05) is 36.8 Å². The highest BCUT2D eigenvalue weighted by atomic mass is 32.1. The average Bonchev–Trinajstić information content (AvgIpc) is 3.17. The van der Waals surface area contributed by atoms with Crippen molar-refractivity contribution in [2.45, 2.75) is 19.5 Å². The summed E-state index contributed by atoms with van der Waals surface area (Å²) in [6.45, 7) is 3.91. The highest BCUT2D eigenvalue weighted by molar-refractivity contribution is 7.15. The van der Waals surface area contributed by atoms with Crippen LogP contribution in [-0.2, 0) is 13.6 Å². The molecule has 6 nitrogen and oxygen atoms in total. The van der Waals surface area contributed by atoms with E-state index in [1.54, 1.807) is 11.3 Å². The zero-order valence-electron chi connectivity index (χ0n) is 11.9. The van der Waals surface area contributed by atoms with Crippen molar-refractivity contribution in [1.82, 2.24) is 29.9 Å². The maximum atomic E-state index is 4.43. The molecule has 0 amide bonds. The second-order valence-electron chi connectivity index (χ2n) is 5.28. The topological polar surface area (TPSA) is 60.6 Å². The van der Waals surface area contributed by atoms with Crippen LogP contribution in [0, 0.1) is 6.92 Å². The second-order valence-corrected chi connectivity index (χ2v) is 6.57. The maximum absolute atomic E-state index is 4.43. The Morgan fingerprint density at radius 3 is 2.95 bits per heavy atom. The predicted octanol–water partition coefficient (Wildman–Crippen LogP) is 1.74. The van der Waals surface area contributed by atoms with Crippen LogP contribution in [0.25, 0.3) is 10.7 Å². The molecule has 3 aromatic heterocycles. The Labute approximate surface area is 126 Å². The summed E-state index contributed by atoms with van der Waals surface area (Å²) >= 11 is 1.76. The van der Waals surface area contributed by atoms with E-state index in [0.717, 1.165) is 30.3 Å². The van der Waals surface area contributed by atoms with E-state index >= 15 is 0 Å². The van der Waals surface area contributed by atoms with E-state index in [9.17, 15) is 0 Å². The van der Waals surface area contributed by atoms with Gasteiger partial charge in [0.25, 0.3) is 0 Å². The van der Waals surface area contributed by atoms with Crippen molar-refractivity contribution < 1.29 is 0 Å². The lowest BCUT2D eigenvalue weighted by Gasteiger charge is -2.24. The summed E-state index contributed by atoms with van der Waals surface area (Å²) in [6.07, 6.45) is 3.91. The molecule has 1 aliphatic rings. The SMILES string of the molecule is Cc1ccc(-c2nnc3n2CCNC3c2cnn(C)c2)s1. The molecule has 0 aromatic carbocycles. The number of hydrogen-bond donors (Lipinski definition) is 1. The van der Waals surface area contributed by atoms with Crippen LogP contribution in [0.1, 0.15) is 22.3 Å². The minimum atomic E-state index is 0.0646. The van der Waals surface area contributed by atoms with Gasteiger partial charge >= 0.3 is 0 Å². The standard InChI is InChI=1S/C14H16N6S/c1-9-3-4-11(21-9)13-17-18-14-12(15-5-6-20(13)14)10-7-16-19(2)8-10/h3-4,7-8,12,15H,5-6H2,1-2H3. The molecule has 1 N–H and O–H groups in total. The molecule has 0 saturated heterocycles. The van der Waals surface area contributed by atoms with Crippen molar-refractivity contribution in [3.8, 4) is 10.7 Å². The van der Waals surface area contributed by atoms with Crippen LogP contribution >= 0.6 is 11.3 Å². The predicted molar refractivity (Wildman–Crippen MR) is 81.1 cm³/mol. The van der Waals surface area contributed by atoms with E-state index in [2.05, 4.69) is 44.2 Å². The van der Waals surface area contributed by atoms with Crippen LogP contribution in [0.3, 0.4) is 0 Å². The zero-order chi connectivity index (χ0) is 14.4. The number of nitrogens with one attached hydrogen (secondary N) is 1. The Morgan fingerprint density at radius 1 is 1.33 bits per heavy atom. The molecule has 21 heavy (non-hydrogen) atoms. The minimum Gasteiger partial charge on any atom is -0.307 e. The summed E-state index contributed by atoms with van der Waals surface area (Å²) in [4.78, 5) is 2.47. The molecule has 108 valence electrons. The summed E-state index contributed by atoms with van der Waals surface area (Å²) in [6, 6.07) is 4.31. The average molecular weight is 300 g/mol. The largest absolute Gasteiger partial charge is 0.307 e. The molecule has 0 saturated carbocycles. The Balaban J connectivity index is 1.78. The molecule has 1 atom stereocenters. The molecule has 4 heterocycles. The fourth-order valence-corrected chi connectivity index (χ4v) is 3.62. The first-order chi connectivity index (χ1) is 10.2. The van der Waals surface area contributed by atoms with E-state index in [1.807, 2.05) is 24.1 Å². The highest BCUT2D eigenvalue weighted by Crippen LogP contribution is 2.31. The third kappa shape index (κ3) is 2.09. The van der Waals surface area contributed by atoms with E-state index in [1.165, 1.54) is 9.75 Å². The van der Waals surface area contributed by atoms with E-state index in [-0.39, 0.29) is 6.04 Å². The van der Waals surface area contributed by atoms with Crippen LogP contribution in [0.4, 0.5) is 0 Å². The fraction of sp³-hybridized carbons (Fsp3) is 0.357.